The topological polar surface area (TPSA) is 12.0 Å². The standard InChI is InChI=1S/C12H14FN/c13-11-5-1-4-10-9(11)3-2-6-12(10)7-14-8-12/h1,4-5,14H,2-3,6-8H2. The van der Waals surface area contributed by atoms with Gasteiger partial charge in [-0.15, -0.1) is 0 Å². The Morgan fingerprint density at radius 1 is 1.29 bits per heavy atom. The molecule has 3 rings (SSSR count). The average molecular weight is 191 g/mol. The average Bonchev–Trinajstić information content (AvgIpc) is 2.15. The third-order valence-corrected chi connectivity index (χ3v) is 3.70. The molecule has 1 aliphatic heterocycles. The molecule has 0 unspecified atom stereocenters. The number of nitrogens with one attached hydrogen (secondary N) is 1. The van der Waals surface area contributed by atoms with Gasteiger partial charge in [0.25, 0.3) is 0 Å². The molecular weight excluding hydrogens is 177 g/mol. The molecule has 1 aromatic rings. The van der Waals surface area contributed by atoms with Gasteiger partial charge in [-0.2, -0.15) is 0 Å². The summed E-state index contributed by atoms with van der Waals surface area (Å²) in [5.74, 6) is -0.00604. The highest BCUT2D eigenvalue weighted by atomic mass is 19.1. The summed E-state index contributed by atoms with van der Waals surface area (Å²) in [6, 6.07) is 5.54. The van der Waals surface area contributed by atoms with E-state index in [0.29, 0.717) is 0 Å². The van der Waals surface area contributed by atoms with Crippen molar-refractivity contribution in [1.29, 1.82) is 0 Å². The molecule has 0 saturated carbocycles. The molecule has 2 heteroatoms. The zero-order chi connectivity index (χ0) is 9.60. The first-order valence-electron chi connectivity index (χ1n) is 5.30. The fourth-order valence-corrected chi connectivity index (χ4v) is 2.84. The van der Waals surface area contributed by atoms with Crippen LogP contribution in [-0.2, 0) is 11.8 Å². The predicted octanol–water partition coefficient (Wildman–Crippen LogP) is 2.00. The number of hydrogen-bond acceptors (Lipinski definition) is 1. The van der Waals surface area contributed by atoms with Crippen molar-refractivity contribution in [3.05, 3.63) is 35.1 Å². The van der Waals surface area contributed by atoms with E-state index in [0.717, 1.165) is 31.5 Å². The van der Waals surface area contributed by atoms with Gasteiger partial charge in [0, 0.05) is 18.5 Å². The van der Waals surface area contributed by atoms with Crippen LogP contribution >= 0.6 is 0 Å². The zero-order valence-electron chi connectivity index (χ0n) is 8.15. The molecule has 1 heterocycles. The van der Waals surface area contributed by atoms with Crippen LogP contribution in [0.25, 0.3) is 0 Å². The van der Waals surface area contributed by atoms with Crippen LogP contribution in [0.5, 0.6) is 0 Å². The van der Waals surface area contributed by atoms with Crippen molar-refractivity contribution in [2.24, 2.45) is 0 Å². The van der Waals surface area contributed by atoms with Crippen molar-refractivity contribution < 1.29 is 4.39 Å². The SMILES string of the molecule is Fc1cccc2c1CCCC21CNC1. The van der Waals surface area contributed by atoms with Gasteiger partial charge in [-0.1, -0.05) is 12.1 Å². The summed E-state index contributed by atoms with van der Waals surface area (Å²) in [6.07, 6.45) is 3.27. The number of fused-ring (bicyclic) bond motifs is 2. The van der Waals surface area contributed by atoms with Crippen molar-refractivity contribution in [1.82, 2.24) is 5.32 Å². The summed E-state index contributed by atoms with van der Waals surface area (Å²) in [5, 5.41) is 3.31. The monoisotopic (exact) mass is 191 g/mol. The van der Waals surface area contributed by atoms with Gasteiger partial charge in [-0.05, 0) is 36.5 Å². The van der Waals surface area contributed by atoms with Crippen LogP contribution in [0.4, 0.5) is 4.39 Å². The van der Waals surface area contributed by atoms with Gasteiger partial charge in [-0.3, -0.25) is 0 Å². The lowest BCUT2D eigenvalue weighted by molar-refractivity contribution is 0.237. The number of rotatable bonds is 0. The molecule has 0 atom stereocenters. The maximum atomic E-state index is 13.6. The maximum Gasteiger partial charge on any atom is 0.126 e. The second-order valence-electron chi connectivity index (χ2n) is 4.50. The van der Waals surface area contributed by atoms with Gasteiger partial charge in [0.15, 0.2) is 0 Å². The van der Waals surface area contributed by atoms with E-state index in [1.807, 2.05) is 6.07 Å². The molecule has 1 nitrogen and oxygen atoms in total. The van der Waals surface area contributed by atoms with E-state index in [2.05, 4.69) is 11.4 Å². The van der Waals surface area contributed by atoms with Crippen LogP contribution in [-0.4, -0.2) is 13.1 Å². The van der Waals surface area contributed by atoms with Crippen molar-refractivity contribution in [2.45, 2.75) is 24.7 Å². The summed E-state index contributed by atoms with van der Waals surface area (Å²) in [6.45, 7) is 2.06. The molecule has 14 heavy (non-hydrogen) atoms. The molecule has 0 radical (unpaired) electrons. The molecule has 0 bridgehead atoms. The fourth-order valence-electron chi connectivity index (χ4n) is 2.84. The first-order valence-corrected chi connectivity index (χ1v) is 5.30. The summed E-state index contributed by atoms with van der Waals surface area (Å²) < 4.78 is 13.6. The number of halogens is 1. The Hall–Kier alpha value is -0.890. The minimum absolute atomic E-state index is 0.00604. The Labute approximate surface area is 83.3 Å². The smallest absolute Gasteiger partial charge is 0.126 e. The highest BCUT2D eigenvalue weighted by molar-refractivity contribution is 5.40. The minimum Gasteiger partial charge on any atom is -0.315 e. The molecule has 1 aliphatic carbocycles. The second-order valence-corrected chi connectivity index (χ2v) is 4.50. The molecule has 1 aromatic carbocycles. The van der Waals surface area contributed by atoms with E-state index >= 15 is 0 Å². The van der Waals surface area contributed by atoms with E-state index in [4.69, 9.17) is 0 Å². The summed E-state index contributed by atoms with van der Waals surface area (Å²) in [4.78, 5) is 0. The third kappa shape index (κ3) is 0.976. The summed E-state index contributed by atoms with van der Waals surface area (Å²) in [7, 11) is 0. The van der Waals surface area contributed by atoms with E-state index in [9.17, 15) is 4.39 Å². The Bertz CT molecular complexity index is 369. The Morgan fingerprint density at radius 3 is 2.86 bits per heavy atom. The predicted molar refractivity (Wildman–Crippen MR) is 53.9 cm³/mol. The van der Waals surface area contributed by atoms with Crippen molar-refractivity contribution in [3.8, 4) is 0 Å². The van der Waals surface area contributed by atoms with Gasteiger partial charge in [0.1, 0.15) is 5.82 Å². The fraction of sp³-hybridized carbons (Fsp3) is 0.500. The largest absolute Gasteiger partial charge is 0.315 e. The lowest BCUT2D eigenvalue weighted by Gasteiger charge is -2.47. The van der Waals surface area contributed by atoms with Gasteiger partial charge in [0.05, 0.1) is 0 Å². The Balaban J connectivity index is 2.15. The first kappa shape index (κ1) is 8.42. The van der Waals surface area contributed by atoms with E-state index in [-0.39, 0.29) is 11.2 Å². The van der Waals surface area contributed by atoms with Gasteiger partial charge in [-0.25, -0.2) is 4.39 Å². The molecular formula is C12H14FN. The molecule has 1 N–H and O–H groups in total. The third-order valence-electron chi connectivity index (χ3n) is 3.70. The maximum absolute atomic E-state index is 13.6. The zero-order valence-corrected chi connectivity index (χ0v) is 8.15. The van der Waals surface area contributed by atoms with E-state index < -0.39 is 0 Å². The Kier molecular flexibility index (Phi) is 1.68. The summed E-state index contributed by atoms with van der Waals surface area (Å²) >= 11 is 0. The molecule has 2 aliphatic rings. The van der Waals surface area contributed by atoms with Crippen LogP contribution in [0.1, 0.15) is 24.0 Å². The minimum atomic E-state index is -0.00604. The molecule has 1 saturated heterocycles. The normalized spacial score (nSPS) is 22.9. The van der Waals surface area contributed by atoms with Crippen LogP contribution in [0, 0.1) is 5.82 Å². The van der Waals surface area contributed by atoms with Crippen LogP contribution in [0.2, 0.25) is 0 Å². The van der Waals surface area contributed by atoms with Gasteiger partial charge >= 0.3 is 0 Å². The van der Waals surface area contributed by atoms with Crippen molar-refractivity contribution in [3.63, 3.8) is 0 Å². The van der Waals surface area contributed by atoms with E-state index in [1.165, 1.54) is 12.0 Å². The van der Waals surface area contributed by atoms with Gasteiger partial charge in [0.2, 0.25) is 0 Å². The highest BCUT2D eigenvalue weighted by Gasteiger charge is 2.42. The first-order chi connectivity index (χ1) is 6.82. The Morgan fingerprint density at radius 2 is 2.14 bits per heavy atom. The molecule has 0 aromatic heterocycles. The molecule has 1 spiro atoms. The number of hydrogen-bond donors (Lipinski definition) is 1. The summed E-state index contributed by atoms with van der Waals surface area (Å²) in [5.41, 5.74) is 2.51. The van der Waals surface area contributed by atoms with Gasteiger partial charge < -0.3 is 5.32 Å². The molecule has 1 fully saturated rings. The lowest BCUT2D eigenvalue weighted by atomic mass is 9.66. The van der Waals surface area contributed by atoms with Crippen molar-refractivity contribution >= 4 is 0 Å². The van der Waals surface area contributed by atoms with Crippen LogP contribution in [0.3, 0.4) is 0 Å². The second kappa shape index (κ2) is 2.80. The van der Waals surface area contributed by atoms with Crippen LogP contribution in [0.15, 0.2) is 18.2 Å². The van der Waals surface area contributed by atoms with E-state index in [1.54, 1.807) is 6.07 Å². The molecule has 0 amide bonds. The lowest BCUT2D eigenvalue weighted by Crippen LogP contribution is -2.58. The molecule has 74 valence electrons. The van der Waals surface area contributed by atoms with Crippen molar-refractivity contribution in [2.75, 3.05) is 13.1 Å². The quantitative estimate of drug-likeness (QED) is 0.661. The highest BCUT2D eigenvalue weighted by Crippen LogP contribution is 2.40. The number of benzene rings is 1. The van der Waals surface area contributed by atoms with Crippen LogP contribution < -0.4 is 5.32 Å².